The van der Waals surface area contributed by atoms with Crippen molar-refractivity contribution in [3.63, 3.8) is 0 Å². The van der Waals surface area contributed by atoms with E-state index in [0.29, 0.717) is 0 Å². The van der Waals surface area contributed by atoms with Gasteiger partial charge in [-0.25, -0.2) is 0 Å². The molecule has 3 aromatic heterocycles. The fraction of sp³-hybridized carbons (Fsp3) is 0.395. The molecule has 5 rings (SSSR count). The number of aliphatic hydroxyl groups excluding tert-OH is 1. The molecule has 0 fully saturated rings. The van der Waals surface area contributed by atoms with E-state index in [1.165, 1.54) is 32.0 Å². The Labute approximate surface area is 280 Å². The van der Waals surface area contributed by atoms with Crippen LogP contribution >= 0.6 is 11.3 Å². The Hall–Kier alpha value is -2.92. The first-order chi connectivity index (χ1) is 20.5. The van der Waals surface area contributed by atoms with Crippen LogP contribution in [0.5, 0.6) is 0 Å². The number of hydrogen-bond donors (Lipinski definition) is 1. The van der Waals surface area contributed by atoms with E-state index in [9.17, 15) is 9.90 Å². The summed E-state index contributed by atoms with van der Waals surface area (Å²) in [4.78, 5) is 22.6. The topological polar surface area (TPSA) is 63.1 Å². The molecule has 0 aliphatic rings. The quantitative estimate of drug-likeness (QED) is 0.0967. The van der Waals surface area contributed by atoms with Gasteiger partial charge in [-0.1, -0.05) is 77.6 Å². The number of aliphatic hydroxyl groups is 1. The molecule has 2 aromatic carbocycles. The van der Waals surface area contributed by atoms with Gasteiger partial charge in [-0.15, -0.1) is 40.5 Å². The molecule has 235 valence electrons. The van der Waals surface area contributed by atoms with Crippen molar-refractivity contribution in [1.82, 2.24) is 9.97 Å². The van der Waals surface area contributed by atoms with Crippen molar-refractivity contribution < 1.29 is 30.0 Å². The van der Waals surface area contributed by atoms with Crippen molar-refractivity contribution in [1.29, 1.82) is 0 Å². The van der Waals surface area contributed by atoms with Crippen molar-refractivity contribution in [2.24, 2.45) is 11.8 Å². The first kappa shape index (κ1) is 35.6. The van der Waals surface area contributed by atoms with Crippen LogP contribution in [0.1, 0.15) is 84.6 Å². The number of aryl methyl sites for hydroxylation is 1. The molecule has 1 radical (unpaired) electrons. The number of benzene rings is 2. The molecule has 3 heterocycles. The van der Waals surface area contributed by atoms with E-state index in [1.807, 2.05) is 46.0 Å². The van der Waals surface area contributed by atoms with Crippen LogP contribution in [0.2, 0.25) is 0 Å². The summed E-state index contributed by atoms with van der Waals surface area (Å²) in [6.07, 6.45) is 6.75. The molecule has 0 atom stereocenters. The van der Waals surface area contributed by atoms with Crippen molar-refractivity contribution in [2.45, 2.75) is 86.5 Å². The van der Waals surface area contributed by atoms with Gasteiger partial charge in [-0.2, -0.15) is 0 Å². The standard InChI is InChI=1S/C25H21N2S.C13H24O2.Ir/c1-15-12-19-22(27-21-10-7-11-26-23(21)24(19)28-15)17-13-16-8-5-6-9-18(16)20(14-17)25(2,3)4;1-5-10(6-2)12(14)9-13(15)11(7-3)8-4;/h5-12,14H,1-4H3;9-11,14H,5-8H2,1-4H3;/q-1;;/b;12-9-;. The minimum atomic E-state index is 0. The number of thiophene rings is 1. The summed E-state index contributed by atoms with van der Waals surface area (Å²) >= 11 is 1.79. The summed E-state index contributed by atoms with van der Waals surface area (Å²) in [6.45, 7) is 17.0. The van der Waals surface area contributed by atoms with E-state index in [1.54, 1.807) is 11.3 Å². The van der Waals surface area contributed by atoms with Gasteiger partial charge in [0.15, 0.2) is 5.78 Å². The molecule has 44 heavy (non-hydrogen) atoms. The van der Waals surface area contributed by atoms with E-state index < -0.39 is 0 Å². The third kappa shape index (κ3) is 7.83. The Morgan fingerprint density at radius 3 is 2.25 bits per heavy atom. The number of ketones is 1. The number of carbonyl (C=O) groups excluding carboxylic acids is 1. The second kappa shape index (κ2) is 15.4. The van der Waals surface area contributed by atoms with Crippen LogP contribution in [0, 0.1) is 24.8 Å². The van der Waals surface area contributed by atoms with Gasteiger partial charge in [0, 0.05) is 54.8 Å². The fourth-order valence-corrected chi connectivity index (χ4v) is 6.69. The minimum Gasteiger partial charge on any atom is -0.512 e. The van der Waals surface area contributed by atoms with Crippen LogP contribution < -0.4 is 0 Å². The third-order valence-electron chi connectivity index (χ3n) is 8.26. The van der Waals surface area contributed by atoms with Crippen molar-refractivity contribution in [3.8, 4) is 11.3 Å². The van der Waals surface area contributed by atoms with Crippen LogP contribution in [-0.4, -0.2) is 20.9 Å². The maximum absolute atomic E-state index is 11.7. The summed E-state index contributed by atoms with van der Waals surface area (Å²) in [5.41, 5.74) is 5.33. The zero-order chi connectivity index (χ0) is 31.3. The maximum atomic E-state index is 11.7. The average molecular weight is 786 g/mol. The third-order valence-corrected chi connectivity index (χ3v) is 9.32. The van der Waals surface area contributed by atoms with E-state index in [2.05, 4.69) is 75.1 Å². The molecular weight excluding hydrogens is 741 g/mol. The SMILES string of the molecule is CCC(CC)C(=O)/C=C(\O)C(CC)CC.Cc1cc2c(-c3[c-]c4ccccc4c(C(C)(C)C)c3)nc3cccnc3c2s1.[Ir]. The molecule has 0 unspecified atom stereocenters. The van der Waals surface area contributed by atoms with Crippen molar-refractivity contribution >= 4 is 49.0 Å². The molecule has 1 N–H and O–H groups in total. The molecule has 4 nitrogen and oxygen atoms in total. The van der Waals surface area contributed by atoms with Gasteiger partial charge in [0.1, 0.15) is 5.52 Å². The average Bonchev–Trinajstić information content (AvgIpc) is 3.39. The Kier molecular flexibility index (Phi) is 12.4. The Balaban J connectivity index is 0.000000286. The van der Waals surface area contributed by atoms with Crippen LogP contribution in [0.25, 0.3) is 43.1 Å². The van der Waals surface area contributed by atoms with E-state index in [4.69, 9.17) is 4.98 Å². The van der Waals surface area contributed by atoms with Crippen LogP contribution in [-0.2, 0) is 30.3 Å². The van der Waals surface area contributed by atoms with Crippen LogP contribution in [0.4, 0.5) is 0 Å². The number of pyridine rings is 2. The normalized spacial score (nSPS) is 12.1. The Morgan fingerprint density at radius 2 is 1.61 bits per heavy atom. The molecule has 0 spiro atoms. The van der Waals surface area contributed by atoms with Gasteiger partial charge in [-0.3, -0.25) is 14.8 Å². The van der Waals surface area contributed by atoms with Crippen LogP contribution in [0.15, 0.2) is 66.6 Å². The summed E-state index contributed by atoms with van der Waals surface area (Å²) in [5, 5.41) is 13.3. The molecule has 0 aliphatic carbocycles. The number of aromatic nitrogens is 2. The second-order valence-electron chi connectivity index (χ2n) is 12.3. The first-order valence-electron chi connectivity index (χ1n) is 15.6. The zero-order valence-electron chi connectivity index (χ0n) is 27.2. The summed E-state index contributed by atoms with van der Waals surface area (Å²) in [6, 6.07) is 20.7. The monoisotopic (exact) mass is 786 g/mol. The van der Waals surface area contributed by atoms with Gasteiger partial charge in [0.05, 0.1) is 16.0 Å². The molecule has 0 saturated carbocycles. The largest absolute Gasteiger partial charge is 0.512 e. The fourth-order valence-electron chi connectivity index (χ4n) is 5.67. The van der Waals surface area contributed by atoms with Gasteiger partial charge >= 0.3 is 0 Å². The number of rotatable bonds is 8. The predicted molar refractivity (Wildman–Crippen MR) is 184 cm³/mol. The first-order valence-corrected chi connectivity index (χ1v) is 16.4. The number of carbonyl (C=O) groups is 1. The molecule has 0 amide bonds. The number of fused-ring (bicyclic) bond motifs is 4. The molecule has 6 heteroatoms. The van der Waals surface area contributed by atoms with Gasteiger partial charge in [0.25, 0.3) is 0 Å². The molecule has 0 aliphatic heterocycles. The smallest absolute Gasteiger partial charge is 0.162 e. The zero-order valence-corrected chi connectivity index (χ0v) is 30.5. The van der Waals surface area contributed by atoms with Gasteiger partial charge in [-0.05, 0) is 61.6 Å². The molecule has 0 bridgehead atoms. The number of allylic oxidation sites excluding steroid dienone is 2. The van der Waals surface area contributed by atoms with Gasteiger partial charge < -0.3 is 5.11 Å². The summed E-state index contributed by atoms with van der Waals surface area (Å²) < 4.78 is 1.21. The molecule has 0 saturated heterocycles. The molecular formula is C38H45IrN2O2S-. The summed E-state index contributed by atoms with van der Waals surface area (Å²) in [5.74, 6) is 0.547. The Bertz CT molecular complexity index is 1760. The van der Waals surface area contributed by atoms with Gasteiger partial charge in [0.2, 0.25) is 0 Å². The Morgan fingerprint density at radius 1 is 0.955 bits per heavy atom. The van der Waals surface area contributed by atoms with E-state index in [0.717, 1.165) is 53.4 Å². The maximum Gasteiger partial charge on any atom is 0.162 e. The number of hydrogen-bond acceptors (Lipinski definition) is 5. The van der Waals surface area contributed by atoms with E-state index in [-0.39, 0.29) is 48.9 Å². The van der Waals surface area contributed by atoms with Crippen LogP contribution in [0.3, 0.4) is 0 Å². The predicted octanol–water partition coefficient (Wildman–Crippen LogP) is 10.9. The second-order valence-corrected chi connectivity index (χ2v) is 13.6. The van der Waals surface area contributed by atoms with Crippen molar-refractivity contribution in [3.05, 3.63) is 83.1 Å². The van der Waals surface area contributed by atoms with Crippen molar-refractivity contribution in [2.75, 3.05) is 0 Å². The summed E-state index contributed by atoms with van der Waals surface area (Å²) in [7, 11) is 0. The number of nitrogens with zero attached hydrogens (tertiary/aromatic N) is 2. The van der Waals surface area contributed by atoms with E-state index >= 15 is 0 Å². The minimum absolute atomic E-state index is 0. The molecule has 5 aromatic rings.